The molecule has 0 fully saturated rings. The van der Waals surface area contributed by atoms with Crippen LogP contribution in [0.5, 0.6) is 0 Å². The summed E-state index contributed by atoms with van der Waals surface area (Å²) in [6, 6.07) is 49.0. The van der Waals surface area contributed by atoms with E-state index in [0.29, 0.717) is 0 Å². The lowest BCUT2D eigenvalue weighted by atomic mass is 9.85. The molecule has 53 heavy (non-hydrogen) atoms. The summed E-state index contributed by atoms with van der Waals surface area (Å²) in [4.78, 5) is 0. The van der Waals surface area contributed by atoms with Crippen LogP contribution in [0.4, 0.5) is 0 Å². The molecule has 0 aliphatic carbocycles. The van der Waals surface area contributed by atoms with E-state index in [1.54, 1.807) is 22.7 Å². The molecule has 3 heterocycles. The van der Waals surface area contributed by atoms with Crippen LogP contribution in [0, 0.1) is 13.8 Å². The fraction of sp³-hybridized carbons (Fsp3) is 0.0400. The molecule has 0 spiro atoms. The van der Waals surface area contributed by atoms with Crippen LogP contribution < -0.4 is 0 Å². The monoisotopic (exact) mass is 712 g/mol. The number of thiophene rings is 2. The Hall–Kier alpha value is -6.00. The van der Waals surface area contributed by atoms with Crippen LogP contribution in [0.3, 0.4) is 0 Å². The topological polar surface area (TPSA) is 13.1 Å². The summed E-state index contributed by atoms with van der Waals surface area (Å²) in [6.45, 7) is 4.44. The van der Waals surface area contributed by atoms with Crippen LogP contribution >= 0.6 is 22.7 Å². The van der Waals surface area contributed by atoms with Crippen molar-refractivity contribution < 1.29 is 4.42 Å². The molecule has 3 heteroatoms. The lowest BCUT2D eigenvalue weighted by molar-refractivity contribution is 0.670. The third kappa shape index (κ3) is 4.48. The molecular weight excluding hydrogens is 681 g/mol. The largest absolute Gasteiger partial charge is 0.455 e. The summed E-state index contributed by atoms with van der Waals surface area (Å²) in [7, 11) is 0. The average molecular weight is 713 g/mol. The van der Waals surface area contributed by atoms with Gasteiger partial charge in [0.15, 0.2) is 0 Å². The number of benzene rings is 8. The molecule has 0 bridgehead atoms. The van der Waals surface area contributed by atoms with Crippen molar-refractivity contribution in [2.45, 2.75) is 13.8 Å². The Balaban J connectivity index is 1.18. The Morgan fingerprint density at radius 3 is 1.21 bits per heavy atom. The SMILES string of the molecule is Cc1cscc1-c1c2ccccc2c(-c2ccc3c(c2)oc2c(-c4c5ccccc5c(-c5cscc5C)c5ccccc45)cccc23)c2ccccc12. The second kappa shape index (κ2) is 11.8. The molecule has 8 aromatic carbocycles. The number of fused-ring (bicyclic) bond motifs is 7. The molecule has 0 unspecified atom stereocenters. The maximum atomic E-state index is 7.05. The summed E-state index contributed by atoms with van der Waals surface area (Å²) in [5, 5.41) is 21.4. The first-order valence-corrected chi connectivity index (χ1v) is 19.9. The second-order valence-electron chi connectivity index (χ2n) is 14.1. The zero-order valence-corrected chi connectivity index (χ0v) is 30.9. The molecule has 0 saturated heterocycles. The van der Waals surface area contributed by atoms with Crippen LogP contribution in [-0.2, 0) is 0 Å². The standard InChI is InChI=1S/C50H32OS2/c1-29-25-52-27-43(29)48-35-14-5-3-12-33(35)46(34-13-4-6-15-36(34)48)31-22-23-32-41-20-11-21-42(50(41)51-45(32)24-31)47-37-16-7-9-18-39(37)49(44-28-53-26-30(44)2)40-19-10-8-17-38(40)47/h3-28H,1-2H3. The molecule has 0 aliphatic rings. The summed E-state index contributed by atoms with van der Waals surface area (Å²) >= 11 is 3.54. The Kier molecular flexibility index (Phi) is 6.79. The van der Waals surface area contributed by atoms with Gasteiger partial charge < -0.3 is 4.42 Å². The Labute approximate surface area is 315 Å². The lowest BCUT2D eigenvalue weighted by Crippen LogP contribution is -1.91. The smallest absolute Gasteiger partial charge is 0.143 e. The minimum Gasteiger partial charge on any atom is -0.455 e. The van der Waals surface area contributed by atoms with Gasteiger partial charge in [-0.05, 0) is 135 Å². The average Bonchev–Trinajstić information content (AvgIpc) is 3.93. The number of furan rings is 1. The summed E-state index contributed by atoms with van der Waals surface area (Å²) in [5.74, 6) is 0. The molecule has 3 aromatic heterocycles. The van der Waals surface area contributed by atoms with Gasteiger partial charge in [-0.2, -0.15) is 22.7 Å². The maximum Gasteiger partial charge on any atom is 0.143 e. The van der Waals surface area contributed by atoms with Gasteiger partial charge in [-0.3, -0.25) is 0 Å². The Morgan fingerprint density at radius 1 is 0.358 bits per heavy atom. The zero-order valence-electron chi connectivity index (χ0n) is 29.2. The van der Waals surface area contributed by atoms with Crippen LogP contribution in [0.1, 0.15) is 11.1 Å². The highest BCUT2D eigenvalue weighted by Crippen LogP contribution is 2.49. The molecule has 11 aromatic rings. The molecule has 11 rings (SSSR count). The van der Waals surface area contributed by atoms with Crippen molar-refractivity contribution in [3.8, 4) is 44.5 Å². The lowest BCUT2D eigenvalue weighted by Gasteiger charge is -2.17. The molecule has 250 valence electrons. The fourth-order valence-corrected chi connectivity index (χ4v) is 10.5. The number of hydrogen-bond acceptors (Lipinski definition) is 3. The van der Waals surface area contributed by atoms with Gasteiger partial charge in [0, 0.05) is 21.9 Å². The van der Waals surface area contributed by atoms with Gasteiger partial charge in [0.2, 0.25) is 0 Å². The fourth-order valence-electron chi connectivity index (χ4n) is 8.82. The Morgan fingerprint density at radius 2 is 0.774 bits per heavy atom. The maximum absolute atomic E-state index is 7.05. The number of para-hydroxylation sites is 1. The normalized spacial score (nSPS) is 12.0. The number of aryl methyl sites for hydroxylation is 2. The summed E-state index contributed by atoms with van der Waals surface area (Å²) in [5.41, 5.74) is 14.4. The molecule has 0 amide bonds. The van der Waals surface area contributed by atoms with Crippen LogP contribution in [0.25, 0.3) is 110 Å². The predicted octanol–water partition coefficient (Wildman–Crippen LogP) is 15.6. The van der Waals surface area contributed by atoms with Gasteiger partial charge >= 0.3 is 0 Å². The molecule has 0 aliphatic heterocycles. The first-order chi connectivity index (χ1) is 26.2. The van der Waals surface area contributed by atoms with E-state index in [4.69, 9.17) is 4.42 Å². The third-order valence-electron chi connectivity index (χ3n) is 11.2. The quantitative estimate of drug-likeness (QED) is 0.166. The number of rotatable bonds is 4. The zero-order chi connectivity index (χ0) is 35.2. The first-order valence-electron chi connectivity index (χ1n) is 18.0. The van der Waals surface area contributed by atoms with E-state index in [1.165, 1.54) is 87.6 Å². The van der Waals surface area contributed by atoms with Gasteiger partial charge in [-0.15, -0.1) is 0 Å². The molecule has 1 nitrogen and oxygen atoms in total. The molecule has 0 atom stereocenters. The van der Waals surface area contributed by atoms with Crippen LogP contribution in [0.2, 0.25) is 0 Å². The van der Waals surface area contributed by atoms with Crippen molar-refractivity contribution >= 4 is 87.7 Å². The first kappa shape index (κ1) is 30.6. The van der Waals surface area contributed by atoms with E-state index >= 15 is 0 Å². The summed E-state index contributed by atoms with van der Waals surface area (Å²) < 4.78 is 7.05. The van der Waals surface area contributed by atoms with E-state index < -0.39 is 0 Å². The van der Waals surface area contributed by atoms with Crippen molar-refractivity contribution in [1.29, 1.82) is 0 Å². The van der Waals surface area contributed by atoms with Gasteiger partial charge in [-0.1, -0.05) is 121 Å². The highest BCUT2D eigenvalue weighted by molar-refractivity contribution is 7.08. The minimum absolute atomic E-state index is 0.898. The van der Waals surface area contributed by atoms with E-state index in [2.05, 4.69) is 169 Å². The van der Waals surface area contributed by atoms with Crippen molar-refractivity contribution in [3.05, 3.63) is 166 Å². The van der Waals surface area contributed by atoms with Gasteiger partial charge in [-0.25, -0.2) is 0 Å². The van der Waals surface area contributed by atoms with E-state index in [1.807, 2.05) is 0 Å². The predicted molar refractivity (Wildman–Crippen MR) is 231 cm³/mol. The molecule has 0 radical (unpaired) electrons. The van der Waals surface area contributed by atoms with Crippen molar-refractivity contribution in [1.82, 2.24) is 0 Å². The molecular formula is C50H32OS2. The Bertz CT molecular complexity index is 3150. The van der Waals surface area contributed by atoms with Gasteiger partial charge in [0.25, 0.3) is 0 Å². The van der Waals surface area contributed by atoms with E-state index in [-0.39, 0.29) is 0 Å². The third-order valence-corrected chi connectivity index (χ3v) is 12.9. The number of hydrogen-bond donors (Lipinski definition) is 0. The van der Waals surface area contributed by atoms with E-state index in [9.17, 15) is 0 Å². The highest BCUT2D eigenvalue weighted by atomic mass is 32.1. The van der Waals surface area contributed by atoms with Crippen molar-refractivity contribution in [3.63, 3.8) is 0 Å². The minimum atomic E-state index is 0.898. The van der Waals surface area contributed by atoms with Crippen LogP contribution in [-0.4, -0.2) is 0 Å². The molecule has 0 saturated carbocycles. The van der Waals surface area contributed by atoms with E-state index in [0.717, 1.165) is 33.1 Å². The van der Waals surface area contributed by atoms with Crippen LogP contribution in [0.15, 0.2) is 159 Å². The van der Waals surface area contributed by atoms with Crippen molar-refractivity contribution in [2.24, 2.45) is 0 Å². The van der Waals surface area contributed by atoms with Gasteiger partial charge in [0.05, 0.1) is 0 Å². The highest BCUT2D eigenvalue weighted by Gasteiger charge is 2.22. The molecule has 0 N–H and O–H groups in total. The van der Waals surface area contributed by atoms with Crippen molar-refractivity contribution in [2.75, 3.05) is 0 Å². The van der Waals surface area contributed by atoms with Gasteiger partial charge in [0.1, 0.15) is 11.2 Å². The summed E-state index contributed by atoms with van der Waals surface area (Å²) in [6.07, 6.45) is 0. The second-order valence-corrected chi connectivity index (χ2v) is 15.6.